The van der Waals surface area contributed by atoms with Crippen LogP contribution in [0.4, 0.5) is 5.69 Å². The predicted molar refractivity (Wildman–Crippen MR) is 72.8 cm³/mol. The second kappa shape index (κ2) is 6.62. The molecule has 0 bridgehead atoms. The molecule has 0 spiro atoms. The van der Waals surface area contributed by atoms with Crippen molar-refractivity contribution in [3.8, 4) is 0 Å². The Labute approximate surface area is 120 Å². The van der Waals surface area contributed by atoms with Crippen LogP contribution in [0.5, 0.6) is 0 Å². The highest BCUT2D eigenvalue weighted by Crippen LogP contribution is 2.11. The van der Waals surface area contributed by atoms with Gasteiger partial charge in [0.15, 0.2) is 5.69 Å². The van der Waals surface area contributed by atoms with E-state index < -0.39 is 11.9 Å². The highest BCUT2D eigenvalue weighted by Gasteiger charge is 2.12. The minimum Gasteiger partial charge on any atom is -0.480 e. The van der Waals surface area contributed by atoms with Gasteiger partial charge in [-0.05, 0) is 24.1 Å². The smallest absolute Gasteiger partial charge is 0.325 e. The first-order valence-corrected chi connectivity index (χ1v) is 6.21. The third-order valence-electron chi connectivity index (χ3n) is 2.68. The number of nitrogens with zero attached hydrogens (tertiary/aromatic N) is 3. The molecule has 0 atom stereocenters. The minimum absolute atomic E-state index is 0.0377. The number of nitrogens with one attached hydrogen (secondary N) is 1. The SMILES string of the molecule is O=C(O)Cn1cc(C(=O)Nc2ccc(CCO)cc2)nn1. The summed E-state index contributed by atoms with van der Waals surface area (Å²) in [6.07, 6.45) is 1.82. The molecule has 0 aliphatic heterocycles. The van der Waals surface area contributed by atoms with Crippen molar-refractivity contribution in [2.24, 2.45) is 0 Å². The largest absolute Gasteiger partial charge is 0.480 e. The van der Waals surface area contributed by atoms with Crippen LogP contribution in [0.15, 0.2) is 30.5 Å². The van der Waals surface area contributed by atoms with E-state index in [0.29, 0.717) is 12.1 Å². The van der Waals surface area contributed by atoms with Gasteiger partial charge in [0.25, 0.3) is 5.91 Å². The predicted octanol–water partition coefficient (Wildman–Crippen LogP) is 0.150. The van der Waals surface area contributed by atoms with E-state index >= 15 is 0 Å². The standard InChI is InChI=1S/C13H14N4O4/c18-6-5-9-1-3-10(4-2-9)14-13(21)11-7-17(16-15-11)8-12(19)20/h1-4,7,18H,5-6,8H2,(H,14,21)(H,19,20). The molecule has 8 heteroatoms. The van der Waals surface area contributed by atoms with Crippen LogP contribution in [0.2, 0.25) is 0 Å². The van der Waals surface area contributed by atoms with Gasteiger partial charge >= 0.3 is 5.97 Å². The van der Waals surface area contributed by atoms with Crippen LogP contribution in [0.1, 0.15) is 16.1 Å². The molecule has 0 saturated carbocycles. The van der Waals surface area contributed by atoms with Crippen molar-refractivity contribution in [3.05, 3.63) is 41.7 Å². The normalized spacial score (nSPS) is 10.3. The average Bonchev–Trinajstić information content (AvgIpc) is 2.89. The summed E-state index contributed by atoms with van der Waals surface area (Å²) < 4.78 is 1.07. The highest BCUT2D eigenvalue weighted by molar-refractivity contribution is 6.02. The molecule has 2 aromatic rings. The van der Waals surface area contributed by atoms with Gasteiger partial charge in [0.05, 0.1) is 6.20 Å². The van der Waals surface area contributed by atoms with Crippen molar-refractivity contribution in [2.45, 2.75) is 13.0 Å². The first kappa shape index (κ1) is 14.7. The third-order valence-corrected chi connectivity index (χ3v) is 2.68. The number of carbonyl (C=O) groups is 2. The lowest BCUT2D eigenvalue weighted by Gasteiger charge is -2.04. The molecule has 1 amide bonds. The second-order valence-electron chi connectivity index (χ2n) is 4.32. The summed E-state index contributed by atoms with van der Waals surface area (Å²) in [5.74, 6) is -1.53. The monoisotopic (exact) mass is 290 g/mol. The van der Waals surface area contributed by atoms with Crippen LogP contribution in [-0.4, -0.2) is 43.7 Å². The fraction of sp³-hybridized carbons (Fsp3) is 0.231. The molecule has 1 heterocycles. The van der Waals surface area contributed by atoms with Crippen LogP contribution in [0.25, 0.3) is 0 Å². The van der Waals surface area contributed by atoms with Gasteiger partial charge in [-0.3, -0.25) is 9.59 Å². The average molecular weight is 290 g/mol. The van der Waals surface area contributed by atoms with E-state index in [4.69, 9.17) is 10.2 Å². The number of carboxylic acid groups (broad SMARTS) is 1. The fourth-order valence-electron chi connectivity index (χ4n) is 1.70. The van der Waals surface area contributed by atoms with E-state index in [1.54, 1.807) is 24.3 Å². The Morgan fingerprint density at radius 2 is 1.95 bits per heavy atom. The van der Waals surface area contributed by atoms with Crippen molar-refractivity contribution in [2.75, 3.05) is 11.9 Å². The Morgan fingerprint density at radius 3 is 2.57 bits per heavy atom. The van der Waals surface area contributed by atoms with Crippen LogP contribution < -0.4 is 5.32 Å². The number of rotatable bonds is 6. The zero-order valence-corrected chi connectivity index (χ0v) is 11.1. The van der Waals surface area contributed by atoms with Crippen molar-refractivity contribution >= 4 is 17.6 Å². The number of anilines is 1. The topological polar surface area (TPSA) is 117 Å². The molecule has 3 N–H and O–H groups in total. The summed E-state index contributed by atoms with van der Waals surface area (Å²) in [6.45, 7) is -0.283. The number of aliphatic hydroxyl groups excluding tert-OH is 1. The molecule has 0 fully saturated rings. The molecule has 1 aromatic carbocycles. The summed E-state index contributed by atoms with van der Waals surface area (Å²) >= 11 is 0. The quantitative estimate of drug-likeness (QED) is 0.697. The van der Waals surface area contributed by atoms with Gasteiger partial charge in [-0.15, -0.1) is 5.10 Å². The van der Waals surface area contributed by atoms with Gasteiger partial charge in [-0.2, -0.15) is 0 Å². The summed E-state index contributed by atoms with van der Waals surface area (Å²) in [5.41, 5.74) is 1.58. The number of carbonyl (C=O) groups excluding carboxylic acids is 1. The molecule has 1 aromatic heterocycles. The first-order chi connectivity index (χ1) is 10.1. The van der Waals surface area contributed by atoms with E-state index in [2.05, 4.69) is 15.6 Å². The maximum absolute atomic E-state index is 11.9. The number of amides is 1. The van der Waals surface area contributed by atoms with Gasteiger partial charge in [-0.25, -0.2) is 4.68 Å². The van der Waals surface area contributed by atoms with Crippen LogP contribution >= 0.6 is 0 Å². The summed E-state index contributed by atoms with van der Waals surface area (Å²) in [5, 5.41) is 27.2. The molecule has 0 unspecified atom stereocenters. The molecule has 0 aliphatic carbocycles. The fourth-order valence-corrected chi connectivity index (χ4v) is 1.70. The molecule has 0 aliphatic rings. The van der Waals surface area contributed by atoms with Gasteiger partial charge in [-0.1, -0.05) is 17.3 Å². The molecule has 21 heavy (non-hydrogen) atoms. The Hall–Kier alpha value is -2.74. The number of aliphatic carboxylic acids is 1. The maximum atomic E-state index is 11.9. The number of aliphatic hydroxyl groups is 1. The van der Waals surface area contributed by atoms with Crippen LogP contribution in [0.3, 0.4) is 0 Å². The molecular weight excluding hydrogens is 276 g/mol. The van der Waals surface area contributed by atoms with E-state index in [1.165, 1.54) is 6.20 Å². The second-order valence-corrected chi connectivity index (χ2v) is 4.32. The Kier molecular flexibility index (Phi) is 4.62. The van der Waals surface area contributed by atoms with E-state index in [0.717, 1.165) is 10.2 Å². The van der Waals surface area contributed by atoms with Gasteiger partial charge in [0.1, 0.15) is 6.54 Å². The number of hydrogen-bond acceptors (Lipinski definition) is 5. The van der Waals surface area contributed by atoms with Crippen molar-refractivity contribution in [1.82, 2.24) is 15.0 Å². The van der Waals surface area contributed by atoms with Crippen LogP contribution in [-0.2, 0) is 17.8 Å². The zero-order chi connectivity index (χ0) is 15.2. The van der Waals surface area contributed by atoms with Crippen LogP contribution in [0, 0.1) is 0 Å². The lowest BCUT2D eigenvalue weighted by atomic mass is 10.1. The lowest BCUT2D eigenvalue weighted by molar-refractivity contribution is -0.137. The summed E-state index contributed by atoms with van der Waals surface area (Å²) in [4.78, 5) is 22.4. The highest BCUT2D eigenvalue weighted by atomic mass is 16.4. The van der Waals surface area contributed by atoms with E-state index in [9.17, 15) is 9.59 Å². The number of aromatic nitrogens is 3. The van der Waals surface area contributed by atoms with Crippen molar-refractivity contribution in [1.29, 1.82) is 0 Å². The number of hydrogen-bond donors (Lipinski definition) is 3. The molecule has 2 rings (SSSR count). The summed E-state index contributed by atoms with van der Waals surface area (Å²) in [6, 6.07) is 7.02. The minimum atomic E-state index is -1.06. The zero-order valence-electron chi connectivity index (χ0n) is 11.1. The molecule has 110 valence electrons. The van der Waals surface area contributed by atoms with Crippen molar-refractivity contribution < 1.29 is 19.8 Å². The summed E-state index contributed by atoms with van der Waals surface area (Å²) in [7, 11) is 0. The van der Waals surface area contributed by atoms with E-state index in [-0.39, 0.29) is 18.8 Å². The third kappa shape index (κ3) is 4.11. The number of benzene rings is 1. The molecule has 0 radical (unpaired) electrons. The maximum Gasteiger partial charge on any atom is 0.325 e. The Morgan fingerprint density at radius 1 is 1.24 bits per heavy atom. The van der Waals surface area contributed by atoms with E-state index in [1.807, 2.05) is 0 Å². The Bertz CT molecular complexity index is 636. The van der Waals surface area contributed by atoms with Crippen molar-refractivity contribution in [3.63, 3.8) is 0 Å². The van der Waals surface area contributed by atoms with Gasteiger partial charge in [0.2, 0.25) is 0 Å². The Balaban J connectivity index is 2.00. The number of carboxylic acids is 1. The lowest BCUT2D eigenvalue weighted by Crippen LogP contribution is -2.12. The molecule has 0 saturated heterocycles. The van der Waals surface area contributed by atoms with Gasteiger partial charge in [0, 0.05) is 12.3 Å². The molecular formula is C13H14N4O4. The van der Waals surface area contributed by atoms with Gasteiger partial charge < -0.3 is 15.5 Å². The first-order valence-electron chi connectivity index (χ1n) is 6.21. The molecule has 8 nitrogen and oxygen atoms in total.